The van der Waals surface area contributed by atoms with Crippen molar-refractivity contribution < 1.29 is 9.84 Å². The molecule has 2 unspecified atom stereocenters. The molecule has 4 nitrogen and oxygen atoms in total. The van der Waals surface area contributed by atoms with E-state index in [4.69, 9.17) is 4.74 Å². The van der Waals surface area contributed by atoms with Crippen LogP contribution in [0.15, 0.2) is 42.6 Å². The molecule has 134 valence electrons. The van der Waals surface area contributed by atoms with Gasteiger partial charge in [0.15, 0.2) is 0 Å². The van der Waals surface area contributed by atoms with Crippen LogP contribution in [0, 0.1) is 11.8 Å². The molecule has 4 heteroatoms. The first-order chi connectivity index (χ1) is 12.2. The molecule has 1 aliphatic heterocycles. The zero-order valence-electron chi connectivity index (χ0n) is 15.1. The second kappa shape index (κ2) is 8.45. The smallest absolute Gasteiger partial charge is 0.122 e. The van der Waals surface area contributed by atoms with E-state index in [1.54, 1.807) is 6.20 Å². The molecule has 0 bridgehead atoms. The van der Waals surface area contributed by atoms with Crippen molar-refractivity contribution in [2.45, 2.75) is 32.7 Å². The first-order valence-electron chi connectivity index (χ1n) is 9.17. The number of nitrogens with zero attached hydrogens (tertiary/aromatic N) is 1. The van der Waals surface area contributed by atoms with E-state index in [0.717, 1.165) is 37.4 Å². The van der Waals surface area contributed by atoms with E-state index in [-0.39, 0.29) is 18.6 Å². The number of hydrogen-bond donors (Lipinski definition) is 2. The van der Waals surface area contributed by atoms with Crippen LogP contribution in [-0.2, 0) is 12.8 Å². The van der Waals surface area contributed by atoms with Gasteiger partial charge >= 0.3 is 0 Å². The number of rotatable bonds is 8. The lowest BCUT2D eigenvalue weighted by Crippen LogP contribution is -2.33. The number of nitrogens with one attached hydrogen (secondary N) is 1. The lowest BCUT2D eigenvalue weighted by atomic mass is 9.93. The first-order valence-corrected chi connectivity index (χ1v) is 9.17. The van der Waals surface area contributed by atoms with Gasteiger partial charge in [-0.1, -0.05) is 32.0 Å². The van der Waals surface area contributed by atoms with Gasteiger partial charge in [-0.2, -0.15) is 0 Å². The minimum atomic E-state index is 0.159. The Bertz CT molecular complexity index is 673. The summed E-state index contributed by atoms with van der Waals surface area (Å²) < 4.78 is 5.62. The molecule has 0 saturated carbocycles. The van der Waals surface area contributed by atoms with Crippen molar-refractivity contribution in [2.75, 3.05) is 19.8 Å². The van der Waals surface area contributed by atoms with E-state index < -0.39 is 0 Å². The number of hydrogen-bond acceptors (Lipinski definition) is 4. The Balaban J connectivity index is 1.65. The van der Waals surface area contributed by atoms with Crippen LogP contribution in [0.1, 0.15) is 36.7 Å². The number of fused-ring (bicyclic) bond motifs is 1. The lowest BCUT2D eigenvalue weighted by Gasteiger charge is -2.26. The molecule has 2 aromatic rings. The van der Waals surface area contributed by atoms with Gasteiger partial charge in [-0.3, -0.25) is 4.98 Å². The fraction of sp³-hybridized carbons (Fsp3) is 0.476. The zero-order valence-corrected chi connectivity index (χ0v) is 15.1. The maximum atomic E-state index is 9.75. The van der Waals surface area contributed by atoms with Crippen LogP contribution in [0.2, 0.25) is 0 Å². The predicted octanol–water partition coefficient (Wildman–Crippen LogP) is 3.15. The van der Waals surface area contributed by atoms with Crippen LogP contribution in [-0.4, -0.2) is 29.8 Å². The topological polar surface area (TPSA) is 54.4 Å². The summed E-state index contributed by atoms with van der Waals surface area (Å²) in [5, 5.41) is 13.4. The molecule has 2 atom stereocenters. The highest BCUT2D eigenvalue weighted by Gasteiger charge is 2.20. The van der Waals surface area contributed by atoms with Gasteiger partial charge in [-0.25, -0.2) is 0 Å². The largest absolute Gasteiger partial charge is 0.493 e. The van der Waals surface area contributed by atoms with Crippen molar-refractivity contribution in [1.82, 2.24) is 10.3 Å². The third-order valence-electron chi connectivity index (χ3n) is 4.85. The Morgan fingerprint density at radius 1 is 1.24 bits per heavy atom. The number of benzene rings is 1. The molecule has 0 amide bonds. The third kappa shape index (κ3) is 4.59. The Morgan fingerprint density at radius 3 is 2.84 bits per heavy atom. The summed E-state index contributed by atoms with van der Waals surface area (Å²) in [7, 11) is 0. The van der Waals surface area contributed by atoms with Crippen LogP contribution < -0.4 is 10.1 Å². The fourth-order valence-corrected chi connectivity index (χ4v) is 3.45. The van der Waals surface area contributed by atoms with Crippen molar-refractivity contribution >= 4 is 0 Å². The molecule has 0 aliphatic carbocycles. The van der Waals surface area contributed by atoms with Crippen molar-refractivity contribution in [1.29, 1.82) is 0 Å². The van der Waals surface area contributed by atoms with Gasteiger partial charge in [0.05, 0.1) is 6.61 Å². The number of aromatic nitrogens is 1. The average Bonchev–Trinajstić information content (AvgIpc) is 3.09. The third-order valence-corrected chi connectivity index (χ3v) is 4.85. The molecule has 1 aromatic carbocycles. The van der Waals surface area contributed by atoms with Gasteiger partial charge in [0.25, 0.3) is 0 Å². The summed E-state index contributed by atoms with van der Waals surface area (Å²) in [5.41, 5.74) is 3.63. The predicted molar refractivity (Wildman–Crippen MR) is 99.7 cm³/mol. The molecule has 1 aliphatic rings. The molecule has 25 heavy (non-hydrogen) atoms. The quantitative estimate of drug-likeness (QED) is 0.775. The van der Waals surface area contributed by atoms with Gasteiger partial charge in [0.2, 0.25) is 0 Å². The molecular weight excluding hydrogens is 312 g/mol. The van der Waals surface area contributed by atoms with E-state index in [0.29, 0.717) is 5.92 Å². The molecule has 0 fully saturated rings. The van der Waals surface area contributed by atoms with E-state index in [9.17, 15) is 5.11 Å². The fourth-order valence-electron chi connectivity index (χ4n) is 3.45. The van der Waals surface area contributed by atoms with Gasteiger partial charge in [0.1, 0.15) is 5.75 Å². The van der Waals surface area contributed by atoms with Gasteiger partial charge < -0.3 is 15.2 Å². The van der Waals surface area contributed by atoms with Crippen LogP contribution >= 0.6 is 0 Å². The van der Waals surface area contributed by atoms with Gasteiger partial charge in [-0.15, -0.1) is 0 Å². The normalized spacial score (nSPS) is 15.7. The minimum absolute atomic E-state index is 0.159. The SMILES string of the molecule is CC(C)C(NCC(CO)Cc1ccccn1)c1ccc2c(c1)CCO2. The Kier molecular flexibility index (Phi) is 6.05. The number of aliphatic hydroxyl groups excluding tert-OH is 1. The molecule has 0 spiro atoms. The number of ether oxygens (including phenoxy) is 1. The number of pyridine rings is 1. The average molecular weight is 340 g/mol. The van der Waals surface area contributed by atoms with Crippen LogP contribution in [0.3, 0.4) is 0 Å². The Labute approximate surface area is 150 Å². The maximum Gasteiger partial charge on any atom is 0.122 e. The Morgan fingerprint density at radius 2 is 2.12 bits per heavy atom. The summed E-state index contributed by atoms with van der Waals surface area (Å²) >= 11 is 0. The van der Waals surface area contributed by atoms with Crippen molar-refractivity contribution in [3.63, 3.8) is 0 Å². The van der Waals surface area contributed by atoms with Crippen LogP contribution in [0.4, 0.5) is 0 Å². The summed E-state index contributed by atoms with van der Waals surface area (Å²) in [4.78, 5) is 4.37. The zero-order chi connectivity index (χ0) is 17.6. The highest BCUT2D eigenvalue weighted by Crippen LogP contribution is 2.30. The minimum Gasteiger partial charge on any atom is -0.493 e. The van der Waals surface area contributed by atoms with E-state index in [1.807, 2.05) is 18.2 Å². The monoisotopic (exact) mass is 340 g/mol. The molecule has 0 radical (unpaired) electrons. The first kappa shape index (κ1) is 17.9. The van der Waals surface area contributed by atoms with Crippen LogP contribution in [0.25, 0.3) is 0 Å². The highest BCUT2D eigenvalue weighted by atomic mass is 16.5. The summed E-state index contributed by atoms with van der Waals surface area (Å²) in [6, 6.07) is 12.7. The summed E-state index contributed by atoms with van der Waals surface area (Å²) in [6.07, 6.45) is 3.58. The lowest BCUT2D eigenvalue weighted by molar-refractivity contribution is 0.213. The standard InChI is InChI=1S/C21H28N2O2/c1-15(2)21(18-6-7-20-17(12-18)8-10-25-20)23-13-16(14-24)11-19-5-3-4-9-22-19/h3-7,9,12,15-16,21,23-24H,8,10-11,13-14H2,1-2H3. The molecule has 2 heterocycles. The van der Waals surface area contributed by atoms with Crippen molar-refractivity contribution in [3.05, 3.63) is 59.4 Å². The molecule has 2 N–H and O–H groups in total. The van der Waals surface area contributed by atoms with Crippen molar-refractivity contribution in [3.8, 4) is 5.75 Å². The second-order valence-corrected chi connectivity index (χ2v) is 7.17. The number of aliphatic hydroxyl groups is 1. The molecule has 3 rings (SSSR count). The van der Waals surface area contributed by atoms with E-state index in [1.165, 1.54) is 11.1 Å². The van der Waals surface area contributed by atoms with Crippen LogP contribution in [0.5, 0.6) is 5.75 Å². The van der Waals surface area contributed by atoms with Gasteiger partial charge in [-0.05, 0) is 47.6 Å². The van der Waals surface area contributed by atoms with E-state index in [2.05, 4.69) is 42.3 Å². The Hall–Kier alpha value is -1.91. The maximum absolute atomic E-state index is 9.75. The summed E-state index contributed by atoms with van der Waals surface area (Å²) in [5.74, 6) is 1.65. The highest BCUT2D eigenvalue weighted by molar-refractivity contribution is 5.40. The van der Waals surface area contributed by atoms with Crippen molar-refractivity contribution in [2.24, 2.45) is 11.8 Å². The second-order valence-electron chi connectivity index (χ2n) is 7.17. The molecule has 0 saturated heterocycles. The summed E-state index contributed by atoms with van der Waals surface area (Å²) in [6.45, 7) is 6.17. The van der Waals surface area contributed by atoms with Gasteiger partial charge in [0, 0.05) is 37.5 Å². The molecular formula is C21H28N2O2. The van der Waals surface area contributed by atoms with E-state index >= 15 is 0 Å². The molecule has 1 aromatic heterocycles.